The van der Waals surface area contributed by atoms with Gasteiger partial charge in [-0.25, -0.2) is 4.98 Å². The van der Waals surface area contributed by atoms with Gasteiger partial charge in [0.1, 0.15) is 11.6 Å². The van der Waals surface area contributed by atoms with Crippen LogP contribution in [-0.2, 0) is 11.3 Å². The van der Waals surface area contributed by atoms with Crippen LogP contribution in [0.3, 0.4) is 0 Å². The van der Waals surface area contributed by atoms with Crippen LogP contribution in [0.2, 0.25) is 0 Å². The normalized spacial score (nSPS) is 10.7. The highest BCUT2D eigenvalue weighted by atomic mass is 16.1. The highest BCUT2D eigenvalue weighted by molar-refractivity contribution is 5.75. The molecule has 0 N–H and O–H groups in total. The second-order valence-corrected chi connectivity index (χ2v) is 3.27. The van der Waals surface area contributed by atoms with Gasteiger partial charge < -0.3 is 4.57 Å². The molecule has 0 aliphatic rings. The first kappa shape index (κ1) is 8.97. The second kappa shape index (κ2) is 3.52. The molecule has 0 aromatic carbocycles. The number of nitrogens with zero attached hydrogens (tertiary/aromatic N) is 2. The third-order valence-corrected chi connectivity index (χ3v) is 1.66. The van der Waals surface area contributed by atoms with Gasteiger partial charge in [-0.3, -0.25) is 4.79 Å². The fraction of sp³-hybridized carbons (Fsp3) is 0.556. The van der Waals surface area contributed by atoms with E-state index >= 15 is 0 Å². The van der Waals surface area contributed by atoms with Gasteiger partial charge in [0.25, 0.3) is 0 Å². The molecule has 0 saturated carbocycles. The van der Waals surface area contributed by atoms with Gasteiger partial charge in [-0.1, -0.05) is 13.8 Å². The maximum atomic E-state index is 10.8. The maximum absolute atomic E-state index is 10.8. The zero-order chi connectivity index (χ0) is 9.14. The molecule has 0 spiro atoms. The molecule has 0 aliphatic carbocycles. The Kier molecular flexibility index (Phi) is 2.63. The number of Topliss-reactive ketones (excluding diaryl/α,β-unsaturated/α-hetero) is 1. The molecular formula is C9H14N2O. The zero-order valence-corrected chi connectivity index (χ0v) is 7.74. The predicted octanol–water partition coefficient (Wildman–Crippen LogP) is 1.60. The van der Waals surface area contributed by atoms with E-state index in [0.29, 0.717) is 12.5 Å². The summed E-state index contributed by atoms with van der Waals surface area (Å²) >= 11 is 0. The van der Waals surface area contributed by atoms with Gasteiger partial charge in [-0.2, -0.15) is 0 Å². The van der Waals surface area contributed by atoms with Crippen LogP contribution in [0.15, 0.2) is 12.4 Å². The van der Waals surface area contributed by atoms with Crippen LogP contribution >= 0.6 is 0 Å². The molecule has 66 valence electrons. The molecule has 0 bridgehead atoms. The van der Waals surface area contributed by atoms with Crippen LogP contribution in [0.1, 0.15) is 32.5 Å². The van der Waals surface area contributed by atoms with Crippen molar-refractivity contribution in [3.63, 3.8) is 0 Å². The Hall–Kier alpha value is -1.12. The van der Waals surface area contributed by atoms with Crippen molar-refractivity contribution in [2.24, 2.45) is 0 Å². The van der Waals surface area contributed by atoms with Gasteiger partial charge in [0, 0.05) is 18.3 Å². The smallest absolute Gasteiger partial charge is 0.149 e. The Morgan fingerprint density at radius 1 is 1.67 bits per heavy atom. The summed E-state index contributed by atoms with van der Waals surface area (Å²) in [7, 11) is 0. The molecule has 0 aliphatic heterocycles. The summed E-state index contributed by atoms with van der Waals surface area (Å²) in [4.78, 5) is 15.0. The lowest BCUT2D eigenvalue weighted by atomic mass is 10.2. The van der Waals surface area contributed by atoms with Gasteiger partial charge in [0.2, 0.25) is 0 Å². The first-order valence-electron chi connectivity index (χ1n) is 4.11. The largest absolute Gasteiger partial charge is 0.327 e. The summed E-state index contributed by atoms with van der Waals surface area (Å²) in [5.74, 6) is 1.51. The van der Waals surface area contributed by atoms with Gasteiger partial charge in [0.15, 0.2) is 0 Å². The Bertz CT molecular complexity index is 276. The molecule has 1 aromatic rings. The zero-order valence-electron chi connectivity index (χ0n) is 7.74. The van der Waals surface area contributed by atoms with Crippen molar-refractivity contribution in [3.05, 3.63) is 18.2 Å². The molecule has 0 fully saturated rings. The summed E-state index contributed by atoms with van der Waals surface area (Å²) in [6.45, 7) is 6.16. The molecule has 0 radical (unpaired) electrons. The lowest BCUT2D eigenvalue weighted by molar-refractivity contribution is -0.117. The summed E-state index contributed by atoms with van der Waals surface area (Å²) in [5.41, 5.74) is 0. The van der Waals surface area contributed by atoms with E-state index in [1.165, 1.54) is 0 Å². The molecule has 0 saturated heterocycles. The van der Waals surface area contributed by atoms with Crippen molar-refractivity contribution in [1.82, 2.24) is 9.55 Å². The predicted molar refractivity (Wildman–Crippen MR) is 47.0 cm³/mol. The number of rotatable bonds is 3. The number of ketones is 1. The first-order valence-corrected chi connectivity index (χ1v) is 4.11. The average molecular weight is 166 g/mol. The fourth-order valence-corrected chi connectivity index (χ4v) is 1.20. The lowest BCUT2D eigenvalue weighted by Crippen LogP contribution is -2.10. The van der Waals surface area contributed by atoms with Crippen LogP contribution in [-0.4, -0.2) is 15.3 Å². The molecular weight excluding hydrogens is 152 g/mol. The summed E-state index contributed by atoms with van der Waals surface area (Å²) in [6, 6.07) is 0. The van der Waals surface area contributed by atoms with Crippen molar-refractivity contribution < 1.29 is 4.79 Å². The van der Waals surface area contributed by atoms with Crippen LogP contribution in [0.5, 0.6) is 0 Å². The van der Waals surface area contributed by atoms with Gasteiger partial charge in [0.05, 0.1) is 6.54 Å². The highest BCUT2D eigenvalue weighted by Gasteiger charge is 2.07. The monoisotopic (exact) mass is 166 g/mol. The minimum Gasteiger partial charge on any atom is -0.327 e. The van der Waals surface area contributed by atoms with E-state index in [0.717, 1.165) is 5.82 Å². The van der Waals surface area contributed by atoms with E-state index in [4.69, 9.17) is 0 Å². The molecule has 3 heteroatoms. The van der Waals surface area contributed by atoms with Crippen molar-refractivity contribution in [2.75, 3.05) is 0 Å². The van der Waals surface area contributed by atoms with E-state index in [-0.39, 0.29) is 5.78 Å². The molecule has 1 heterocycles. The molecule has 0 amide bonds. The van der Waals surface area contributed by atoms with Gasteiger partial charge in [-0.15, -0.1) is 0 Å². The van der Waals surface area contributed by atoms with E-state index in [9.17, 15) is 4.79 Å². The Morgan fingerprint density at radius 2 is 2.33 bits per heavy atom. The number of carbonyl (C=O) groups is 1. The van der Waals surface area contributed by atoms with Crippen LogP contribution in [0.25, 0.3) is 0 Å². The quantitative estimate of drug-likeness (QED) is 0.683. The third kappa shape index (κ3) is 1.94. The van der Waals surface area contributed by atoms with Crippen LogP contribution < -0.4 is 0 Å². The second-order valence-electron chi connectivity index (χ2n) is 3.27. The van der Waals surface area contributed by atoms with E-state index in [1.807, 2.05) is 10.8 Å². The molecule has 0 unspecified atom stereocenters. The van der Waals surface area contributed by atoms with Crippen molar-refractivity contribution in [1.29, 1.82) is 0 Å². The summed E-state index contributed by atoms with van der Waals surface area (Å²) in [6.07, 6.45) is 3.58. The van der Waals surface area contributed by atoms with E-state index in [2.05, 4.69) is 18.8 Å². The maximum Gasteiger partial charge on any atom is 0.149 e. The number of aromatic nitrogens is 2. The topological polar surface area (TPSA) is 34.9 Å². The van der Waals surface area contributed by atoms with E-state index in [1.54, 1.807) is 13.1 Å². The Morgan fingerprint density at radius 3 is 2.83 bits per heavy atom. The summed E-state index contributed by atoms with van der Waals surface area (Å²) < 4.78 is 1.90. The number of hydrogen-bond acceptors (Lipinski definition) is 2. The first-order chi connectivity index (χ1) is 5.61. The minimum absolute atomic E-state index is 0.162. The number of imidazole rings is 1. The van der Waals surface area contributed by atoms with Crippen molar-refractivity contribution in [2.45, 2.75) is 33.2 Å². The Labute approximate surface area is 72.4 Å². The van der Waals surface area contributed by atoms with Crippen molar-refractivity contribution >= 4 is 5.78 Å². The summed E-state index contributed by atoms with van der Waals surface area (Å²) in [5, 5.41) is 0. The lowest BCUT2D eigenvalue weighted by Gasteiger charge is -2.07. The molecule has 1 aromatic heterocycles. The van der Waals surface area contributed by atoms with E-state index < -0.39 is 0 Å². The van der Waals surface area contributed by atoms with Crippen molar-refractivity contribution in [3.8, 4) is 0 Å². The number of hydrogen-bond donors (Lipinski definition) is 0. The highest BCUT2D eigenvalue weighted by Crippen LogP contribution is 2.11. The fourth-order valence-electron chi connectivity index (χ4n) is 1.20. The standard InChI is InChI=1S/C9H14N2O/c1-7(2)9-10-4-5-11(9)6-8(3)12/h4-5,7H,6H2,1-3H3. The SMILES string of the molecule is CC(=O)Cn1ccnc1C(C)C. The average Bonchev–Trinajstić information content (AvgIpc) is 2.33. The Balaban J connectivity index is 2.84. The third-order valence-electron chi connectivity index (χ3n) is 1.66. The van der Waals surface area contributed by atoms with Gasteiger partial charge in [-0.05, 0) is 6.92 Å². The van der Waals surface area contributed by atoms with Gasteiger partial charge >= 0.3 is 0 Å². The minimum atomic E-state index is 0.162. The van der Waals surface area contributed by atoms with Crippen LogP contribution in [0.4, 0.5) is 0 Å². The van der Waals surface area contributed by atoms with Crippen LogP contribution in [0, 0.1) is 0 Å². The number of carbonyl (C=O) groups excluding carboxylic acids is 1. The molecule has 0 atom stereocenters. The molecule has 3 nitrogen and oxygen atoms in total. The molecule has 1 rings (SSSR count). The molecule has 12 heavy (non-hydrogen) atoms.